The van der Waals surface area contributed by atoms with Crippen LogP contribution in [-0.4, -0.2) is 293 Å². The average molecular weight is 1830 g/mol. The number of nitrogens with one attached hydrogen (secondary N) is 4. The van der Waals surface area contributed by atoms with Gasteiger partial charge in [-0.3, -0.25) is 67.1 Å². The zero-order chi connectivity index (χ0) is 98.1. The topological polar surface area (TPSA) is 421 Å². The third kappa shape index (κ3) is 29.0. The Morgan fingerprint density at radius 1 is 0.585 bits per heavy atom. The molecule has 11 unspecified atom stereocenters. The fourth-order valence-corrected chi connectivity index (χ4v) is 19.7. The first-order valence-corrected chi connectivity index (χ1v) is 47.2. The number of unbranched alkanes of at least 4 members (excludes halogenated alkanes) is 6. The molecule has 3 saturated carbocycles. The average Bonchev–Trinajstić information content (AvgIpc) is 1.44. The molecule has 4 fully saturated rings. The number of rotatable bonds is 34. The number of hydrogen-bond donors (Lipinski definition) is 6. The van der Waals surface area contributed by atoms with Gasteiger partial charge in [0.15, 0.2) is 12.4 Å². The van der Waals surface area contributed by atoms with Crippen LogP contribution < -0.4 is 21.3 Å². The van der Waals surface area contributed by atoms with Gasteiger partial charge in [-0.05, 0) is 182 Å². The molecule has 1 aliphatic heterocycles. The van der Waals surface area contributed by atoms with Crippen molar-refractivity contribution in [1.29, 1.82) is 0 Å². The van der Waals surface area contributed by atoms with E-state index >= 15 is 24.0 Å². The van der Waals surface area contributed by atoms with E-state index in [9.17, 15) is 63.0 Å². The summed E-state index contributed by atoms with van der Waals surface area (Å²) in [6.07, 6.45) is 12.0. The number of amides is 11. The molecule has 19 atom stereocenters. The van der Waals surface area contributed by atoms with Crippen molar-refractivity contribution in [2.45, 2.75) is 331 Å². The van der Waals surface area contributed by atoms with Crippen LogP contribution in [0.2, 0.25) is 0 Å². The van der Waals surface area contributed by atoms with Crippen molar-refractivity contribution in [3.8, 4) is 0 Å². The van der Waals surface area contributed by atoms with Gasteiger partial charge < -0.3 is 89.5 Å². The number of Topliss-reactive ketones (excluding diaryl/α,β-unsaturated/α-hetero) is 1. The normalized spacial score (nSPS) is 29.3. The molecular formula is C97H158N11O22. The third-order valence-electron chi connectivity index (χ3n) is 27.4. The number of carbonyl (C=O) groups excluding carboxylic acids is 16. The van der Waals surface area contributed by atoms with E-state index in [1.165, 1.54) is 94.3 Å². The summed E-state index contributed by atoms with van der Waals surface area (Å²) >= 11 is 0. The molecule has 1 saturated heterocycles. The first-order chi connectivity index (χ1) is 60.8. The zero-order valence-electron chi connectivity index (χ0n) is 82.4. The molecule has 130 heavy (non-hydrogen) atoms. The summed E-state index contributed by atoms with van der Waals surface area (Å²) in [5.41, 5.74) is -2.31. The number of ketones is 2. The van der Waals surface area contributed by atoms with Gasteiger partial charge in [0.1, 0.15) is 85.0 Å². The maximum absolute atomic E-state index is 16.1. The number of esters is 1. The standard InChI is InChI=1S/C97H158N11O22/c1-26-70-89(120)102(19)55-77(113)103(20)71(49-57(2)3)86(117)101-80(61(10)11)92(123)104(21)72(50-58(4)5)85(116)98-64(15)84(115)99-65(16)88(119)105(22)73(51-59(6)7)90(121)106(23)74(52-60(8)9)91(122)107(24)81(62(12)13)93(124)108(25)82(87(118)100-70)83(130-94(125)128-48-35-29-27-28-33-45-109)63(14)37-32-36-47-127-46-34-30-31-38-78(114)129-56-76(112)97(126)44-42-69-68-40-39-66-53-67(110)41-43-95(66,17)79(68)75(111)54-96(69,97)18/h32,36,41,43,45,48,53,57-65,68-75,79-83,111,126H,26-31,33-35,37-40,42,44,46-47,49-52,54-56H2,1-25H3,(H,98,116)(H,99,115)(H,100,118)(H,101,117)/b36-32+/t63-,64?,65?,68?,69?,70?,71+,72-,73?,74?,75+,79?,80?,81-,82?,83?,95+,96+,97+/m1/s1. The predicted octanol–water partition coefficient (Wildman–Crippen LogP) is 8.42. The number of fused-ring (bicyclic) bond motifs is 5. The van der Waals surface area contributed by atoms with Crippen LogP contribution in [0.5, 0.6) is 0 Å². The summed E-state index contributed by atoms with van der Waals surface area (Å²) in [4.78, 5) is 239. The molecule has 0 spiro atoms. The molecule has 0 aromatic heterocycles. The molecule has 33 heteroatoms. The van der Waals surface area contributed by atoms with Crippen LogP contribution in [0.4, 0.5) is 4.79 Å². The van der Waals surface area contributed by atoms with E-state index in [1.807, 2.05) is 68.4 Å². The molecule has 1 heterocycles. The lowest BCUT2D eigenvalue weighted by molar-refractivity contribution is -0.181. The molecule has 0 bridgehead atoms. The minimum Gasteiger partial charge on any atom is -0.458 e. The Balaban J connectivity index is 1.50. The number of likely N-dealkylation sites (N-methyl/N-ethyl adjacent to an activating group) is 7. The molecule has 733 valence electrons. The summed E-state index contributed by atoms with van der Waals surface area (Å²) in [6, 6.07) is -13.5. The fourth-order valence-electron chi connectivity index (χ4n) is 19.7. The highest BCUT2D eigenvalue weighted by atomic mass is 16.7. The van der Waals surface area contributed by atoms with Crippen molar-refractivity contribution < 1.29 is 106 Å². The van der Waals surface area contributed by atoms with Crippen molar-refractivity contribution in [2.24, 2.45) is 70.0 Å². The minimum atomic E-state index is -1.86. The van der Waals surface area contributed by atoms with Gasteiger partial charge in [-0.1, -0.05) is 147 Å². The smallest absolute Gasteiger partial charge is 0.458 e. The number of allylic oxidation sites excluding steroid dienone is 5. The van der Waals surface area contributed by atoms with Crippen LogP contribution in [0.15, 0.2) is 36.0 Å². The number of aldehydes is 1. The molecule has 11 amide bonds. The van der Waals surface area contributed by atoms with Gasteiger partial charge in [-0.2, -0.15) is 0 Å². The second kappa shape index (κ2) is 50.8. The summed E-state index contributed by atoms with van der Waals surface area (Å²) < 4.78 is 23.3. The number of nitrogens with zero attached hydrogens (tertiary/aromatic N) is 7. The van der Waals surface area contributed by atoms with Crippen LogP contribution in [0.1, 0.15) is 253 Å². The van der Waals surface area contributed by atoms with Crippen molar-refractivity contribution >= 4 is 95.0 Å². The Labute approximate surface area is 772 Å². The number of ether oxygens (including phenoxy) is 4. The van der Waals surface area contributed by atoms with Crippen LogP contribution >= 0.6 is 0 Å². The van der Waals surface area contributed by atoms with E-state index in [-0.39, 0.29) is 125 Å². The largest absolute Gasteiger partial charge is 0.509 e. The second-order valence-electron chi connectivity index (χ2n) is 40.0. The summed E-state index contributed by atoms with van der Waals surface area (Å²) in [7, 11) is 9.65. The van der Waals surface area contributed by atoms with Crippen LogP contribution in [0.3, 0.4) is 0 Å². The molecule has 5 rings (SSSR count). The highest BCUT2D eigenvalue weighted by Crippen LogP contribution is 2.67. The molecule has 0 aromatic carbocycles. The minimum absolute atomic E-state index is 0.00164. The van der Waals surface area contributed by atoms with Gasteiger partial charge in [0.05, 0.1) is 19.3 Å². The maximum Gasteiger partial charge on any atom is 0.509 e. The summed E-state index contributed by atoms with van der Waals surface area (Å²) in [5, 5.41) is 35.1. The van der Waals surface area contributed by atoms with Gasteiger partial charge in [0, 0.05) is 85.5 Å². The molecule has 4 aliphatic carbocycles. The van der Waals surface area contributed by atoms with Gasteiger partial charge in [0.25, 0.3) is 0 Å². The van der Waals surface area contributed by atoms with Crippen molar-refractivity contribution in [2.75, 3.05) is 75.7 Å². The number of carbonyl (C=O) groups is 16. The summed E-state index contributed by atoms with van der Waals surface area (Å²) in [5.74, 6) is -13.0. The van der Waals surface area contributed by atoms with Crippen LogP contribution in [-0.2, 0) is 90.9 Å². The maximum atomic E-state index is 16.1. The van der Waals surface area contributed by atoms with E-state index in [0.29, 0.717) is 64.2 Å². The lowest BCUT2D eigenvalue weighted by Crippen LogP contribution is -2.64. The summed E-state index contributed by atoms with van der Waals surface area (Å²) in [6.45, 7) is 31.8. The zero-order valence-corrected chi connectivity index (χ0v) is 82.4. The number of hydrogen-bond acceptors (Lipinski definition) is 22. The number of aliphatic hydroxyl groups is 2. The monoisotopic (exact) mass is 1830 g/mol. The van der Waals surface area contributed by atoms with Crippen molar-refractivity contribution in [3.63, 3.8) is 0 Å². The predicted molar refractivity (Wildman–Crippen MR) is 490 cm³/mol. The van der Waals surface area contributed by atoms with Crippen molar-refractivity contribution in [1.82, 2.24) is 55.6 Å². The quantitative estimate of drug-likeness (QED) is 0.0152. The van der Waals surface area contributed by atoms with Gasteiger partial charge in [-0.25, -0.2) is 4.79 Å². The van der Waals surface area contributed by atoms with Gasteiger partial charge >= 0.3 is 12.1 Å². The second-order valence-corrected chi connectivity index (χ2v) is 40.0. The molecule has 0 aromatic rings. The lowest BCUT2D eigenvalue weighted by Gasteiger charge is -2.59. The van der Waals surface area contributed by atoms with Gasteiger partial charge in [-0.15, -0.1) is 0 Å². The Kier molecular flexibility index (Phi) is 43.5. The van der Waals surface area contributed by atoms with Gasteiger partial charge in [0.2, 0.25) is 70.8 Å². The van der Waals surface area contributed by atoms with Crippen LogP contribution in [0.25, 0.3) is 0 Å². The van der Waals surface area contributed by atoms with Crippen LogP contribution in [0, 0.1) is 76.6 Å². The molecular weight excluding hydrogens is 1670 g/mol. The number of aliphatic hydroxyl groups excluding tert-OH is 1. The first kappa shape index (κ1) is 112. The Morgan fingerprint density at radius 3 is 1.72 bits per heavy atom. The highest BCUT2D eigenvalue weighted by Gasteiger charge is 2.68. The highest BCUT2D eigenvalue weighted by molar-refractivity contribution is 6.02. The Morgan fingerprint density at radius 2 is 1.13 bits per heavy atom. The molecule has 1 radical (unpaired) electrons. The Hall–Kier alpha value is -8.98. The Bertz CT molecular complexity index is 4010. The first-order valence-electron chi connectivity index (χ1n) is 47.2. The SMILES string of the molecule is CCC1NC(=O)C(C(OC(=O)O[CH]CCCCCC=O)[C@H](C)C/C=C/COCCCCCC(=O)OCC(=O)[C@@]2(O)CCC3C4CCC5=CC(=O)C=C[C@]5(C)C4[C@@H](O)C[C@@]32C)N(C)C(=O)[C@@H](C(C)C)N(C)C(=O)C(CC(C)C)N(C)C(=O)C(CC(C)C)N(C)C(=O)C(C)NC(=O)C(C)NC(=O)[C@@H](CC(C)C)N(C)C(=O)C(C(C)C)NC(=O)[C@H](CC(C)C)N(C)C(=O)CN(C)C1=O. The van der Waals surface area contributed by atoms with E-state index in [2.05, 4.69) is 28.2 Å². The lowest BCUT2D eigenvalue weighted by atomic mass is 9.46. The third-order valence-corrected chi connectivity index (χ3v) is 27.4. The molecule has 5 aliphatic rings. The molecule has 33 nitrogen and oxygen atoms in total. The fraction of sp³-hybridized carbons (Fsp3) is 0.763. The van der Waals surface area contributed by atoms with E-state index < -0.39 is 203 Å². The van der Waals surface area contributed by atoms with E-state index in [0.717, 1.165) is 21.7 Å². The molecule has 6 N–H and O–H groups in total. The van der Waals surface area contributed by atoms with E-state index in [4.69, 9.17) is 18.9 Å². The van der Waals surface area contributed by atoms with E-state index in [1.54, 1.807) is 65.8 Å². The van der Waals surface area contributed by atoms with Crippen molar-refractivity contribution in [3.05, 3.63) is 42.6 Å².